The van der Waals surface area contributed by atoms with E-state index in [0.29, 0.717) is 19.3 Å². The molecule has 404 valence electrons. The molecule has 0 aromatic heterocycles. The van der Waals surface area contributed by atoms with Gasteiger partial charge >= 0.3 is 25.7 Å². The van der Waals surface area contributed by atoms with Crippen LogP contribution in [0.2, 0.25) is 0 Å². The molecule has 0 aromatic carbocycles. The van der Waals surface area contributed by atoms with E-state index in [4.69, 9.17) is 23.3 Å². The van der Waals surface area contributed by atoms with E-state index in [1.54, 1.807) is 0 Å². The summed E-state index contributed by atoms with van der Waals surface area (Å²) in [6.07, 6.45) is 57.4. The lowest BCUT2D eigenvalue weighted by atomic mass is 10.0. The van der Waals surface area contributed by atoms with Crippen LogP contribution in [0.3, 0.4) is 0 Å². The van der Waals surface area contributed by atoms with Crippen LogP contribution in [0.4, 0.5) is 0 Å². The van der Waals surface area contributed by atoms with E-state index in [9.17, 15) is 28.9 Å². The third kappa shape index (κ3) is 49.9. The average molecular weight is 1010 g/mol. The molecule has 0 bridgehead atoms. The molecule has 0 saturated heterocycles. The number of rotatable bonds is 51. The van der Waals surface area contributed by atoms with Crippen LogP contribution in [0.1, 0.15) is 239 Å². The molecule has 0 saturated carbocycles. The summed E-state index contributed by atoms with van der Waals surface area (Å²) in [5.41, 5.74) is 0. The Labute approximate surface area is 427 Å². The van der Waals surface area contributed by atoms with Crippen LogP contribution in [-0.2, 0) is 42.2 Å². The first-order valence-electron chi connectivity index (χ1n) is 27.8. The first-order chi connectivity index (χ1) is 34.2. The van der Waals surface area contributed by atoms with Crippen molar-refractivity contribution in [2.75, 3.05) is 26.4 Å². The van der Waals surface area contributed by atoms with Gasteiger partial charge in [0.1, 0.15) is 12.7 Å². The van der Waals surface area contributed by atoms with E-state index < -0.39 is 57.8 Å². The summed E-state index contributed by atoms with van der Waals surface area (Å²) in [6, 6.07) is 0. The fourth-order valence-electron chi connectivity index (χ4n) is 7.41. The Morgan fingerprint density at radius 1 is 0.414 bits per heavy atom. The summed E-state index contributed by atoms with van der Waals surface area (Å²) >= 11 is 0. The molecule has 12 heteroatoms. The van der Waals surface area contributed by atoms with E-state index >= 15 is 0 Å². The first kappa shape index (κ1) is 66.9. The van der Waals surface area contributed by atoms with Crippen molar-refractivity contribution in [3.05, 3.63) is 72.9 Å². The Hall–Kier alpha value is -3.08. The Balaban J connectivity index is 4.78. The van der Waals surface area contributed by atoms with Crippen LogP contribution in [0, 0.1) is 0 Å². The minimum absolute atomic E-state index is 0.0543. The minimum atomic E-state index is -4.76. The Morgan fingerprint density at radius 2 is 0.800 bits per heavy atom. The van der Waals surface area contributed by atoms with E-state index in [2.05, 4.69) is 81.5 Å². The van der Waals surface area contributed by atoms with Crippen LogP contribution in [-0.4, -0.2) is 66.5 Å². The van der Waals surface area contributed by atoms with Gasteiger partial charge in [-0.25, -0.2) is 4.57 Å². The summed E-state index contributed by atoms with van der Waals surface area (Å²) in [7, 11) is -4.76. The second-order valence-corrected chi connectivity index (χ2v) is 19.8. The number of ether oxygens (including phenoxy) is 3. The Morgan fingerprint density at radius 3 is 1.29 bits per heavy atom. The van der Waals surface area contributed by atoms with Gasteiger partial charge in [0, 0.05) is 19.3 Å². The maximum atomic E-state index is 12.9. The second-order valence-electron chi connectivity index (χ2n) is 18.4. The molecule has 70 heavy (non-hydrogen) atoms. The number of aliphatic hydroxyl groups is 1. The quantitative estimate of drug-likeness (QED) is 0.0197. The van der Waals surface area contributed by atoms with E-state index in [0.717, 1.165) is 89.9 Å². The number of hydrogen-bond acceptors (Lipinski definition) is 10. The van der Waals surface area contributed by atoms with Crippen molar-refractivity contribution >= 4 is 25.7 Å². The third-order valence-corrected chi connectivity index (χ3v) is 12.6. The molecule has 11 nitrogen and oxygen atoms in total. The predicted molar refractivity (Wildman–Crippen MR) is 288 cm³/mol. The lowest BCUT2D eigenvalue weighted by Gasteiger charge is -2.21. The molecule has 2 N–H and O–H groups in total. The number of allylic oxidation sites excluding steroid dienone is 12. The van der Waals surface area contributed by atoms with Crippen molar-refractivity contribution in [3.63, 3.8) is 0 Å². The zero-order valence-electron chi connectivity index (χ0n) is 44.5. The Bertz CT molecular complexity index is 1450. The number of phosphoric ester groups is 1. The van der Waals surface area contributed by atoms with Gasteiger partial charge in [-0.3, -0.25) is 23.4 Å². The van der Waals surface area contributed by atoms with Gasteiger partial charge in [0.15, 0.2) is 6.10 Å². The number of phosphoric acid groups is 1. The summed E-state index contributed by atoms with van der Waals surface area (Å²) in [6.45, 7) is 4.38. The monoisotopic (exact) mass is 1000 g/mol. The van der Waals surface area contributed by atoms with Crippen molar-refractivity contribution in [2.24, 2.45) is 0 Å². The highest BCUT2D eigenvalue weighted by Crippen LogP contribution is 2.43. The zero-order valence-corrected chi connectivity index (χ0v) is 45.4. The number of aliphatic hydroxyl groups excluding tert-OH is 1. The highest BCUT2D eigenvalue weighted by atomic mass is 31.2. The molecular formula is C58H101O11P. The van der Waals surface area contributed by atoms with Crippen molar-refractivity contribution in [1.82, 2.24) is 0 Å². The van der Waals surface area contributed by atoms with Crippen molar-refractivity contribution in [3.8, 4) is 0 Å². The molecule has 0 aliphatic heterocycles. The van der Waals surface area contributed by atoms with Gasteiger partial charge in [0.05, 0.1) is 19.8 Å². The highest BCUT2D eigenvalue weighted by molar-refractivity contribution is 7.47. The number of carbonyl (C=O) groups is 3. The molecule has 0 aliphatic carbocycles. The SMILES string of the molecule is CC/C=C\C/C=C\C/C=C\C/C=C\CCC(=O)OC(CO)COP(=O)(O)OCC(COC(=O)CCCCCCC/C=C\C/C=C\CCC)OC(=O)CCCCCCCCCCCCCCCCCCC. The fourth-order valence-corrected chi connectivity index (χ4v) is 8.19. The van der Waals surface area contributed by atoms with E-state index in [-0.39, 0.29) is 25.9 Å². The van der Waals surface area contributed by atoms with Crippen LogP contribution in [0.15, 0.2) is 72.9 Å². The highest BCUT2D eigenvalue weighted by Gasteiger charge is 2.28. The van der Waals surface area contributed by atoms with E-state index in [1.807, 2.05) is 12.2 Å². The number of carbonyl (C=O) groups excluding carboxylic acids is 3. The summed E-state index contributed by atoms with van der Waals surface area (Å²) in [4.78, 5) is 48.4. The molecule has 0 heterocycles. The summed E-state index contributed by atoms with van der Waals surface area (Å²) < 4.78 is 39.4. The summed E-state index contributed by atoms with van der Waals surface area (Å²) in [5.74, 6) is -1.56. The van der Waals surface area contributed by atoms with Gasteiger partial charge in [-0.15, -0.1) is 0 Å². The maximum Gasteiger partial charge on any atom is 0.472 e. The van der Waals surface area contributed by atoms with Crippen molar-refractivity contribution in [1.29, 1.82) is 0 Å². The zero-order chi connectivity index (χ0) is 51.3. The van der Waals surface area contributed by atoms with Gasteiger partial charge in [-0.1, -0.05) is 222 Å². The van der Waals surface area contributed by atoms with Gasteiger partial charge in [-0.05, 0) is 70.6 Å². The van der Waals surface area contributed by atoms with Crippen LogP contribution in [0.5, 0.6) is 0 Å². The standard InChI is InChI=1S/C58H101O11P/c1-4-7-10-13-16-19-22-25-26-27-28-31-34-37-40-43-46-49-58(62)69-55(51-65-56(60)47-44-41-38-35-32-29-23-20-17-14-11-8-5-2)53-67-70(63,64)66-52-54(50-59)68-57(61)48-45-42-39-36-33-30-24-21-18-15-12-9-6-3/h9,11-12,14,18,20-21,23,30,33,39,42,54-55,59H,4-8,10,13,15-17,19,22,24-29,31-32,34-38,40-41,43-53H2,1-3H3,(H,63,64)/b12-9-,14-11-,21-18-,23-20-,33-30-,42-39-. The largest absolute Gasteiger partial charge is 0.472 e. The van der Waals surface area contributed by atoms with Crippen molar-refractivity contribution in [2.45, 2.75) is 251 Å². The molecule has 3 unspecified atom stereocenters. The topological polar surface area (TPSA) is 155 Å². The minimum Gasteiger partial charge on any atom is -0.462 e. The number of esters is 3. The molecule has 0 radical (unpaired) electrons. The molecule has 0 aromatic rings. The second kappa shape index (κ2) is 52.2. The fraction of sp³-hybridized carbons (Fsp3) is 0.741. The van der Waals surface area contributed by atoms with Gasteiger partial charge in [-0.2, -0.15) is 0 Å². The molecule has 0 rings (SSSR count). The van der Waals surface area contributed by atoms with Gasteiger partial charge < -0.3 is 24.2 Å². The van der Waals surface area contributed by atoms with Crippen LogP contribution < -0.4 is 0 Å². The van der Waals surface area contributed by atoms with E-state index in [1.165, 1.54) is 89.9 Å². The molecular weight excluding hydrogens is 904 g/mol. The average Bonchev–Trinajstić information content (AvgIpc) is 3.35. The number of hydrogen-bond donors (Lipinski definition) is 2. The molecule has 0 aliphatic rings. The molecule has 3 atom stereocenters. The molecule has 0 fully saturated rings. The predicted octanol–water partition coefficient (Wildman–Crippen LogP) is 16.1. The normalized spacial score (nSPS) is 14.0. The molecule has 0 amide bonds. The van der Waals surface area contributed by atoms with Gasteiger partial charge in [0.2, 0.25) is 0 Å². The Kier molecular flexibility index (Phi) is 50.0. The van der Waals surface area contributed by atoms with Crippen molar-refractivity contribution < 1.29 is 52.2 Å². The lowest BCUT2D eigenvalue weighted by Crippen LogP contribution is -2.30. The lowest BCUT2D eigenvalue weighted by molar-refractivity contribution is -0.161. The van der Waals surface area contributed by atoms with Crippen LogP contribution in [0.25, 0.3) is 0 Å². The molecule has 0 spiro atoms. The number of unbranched alkanes of at least 4 members (excludes halogenated alkanes) is 22. The summed E-state index contributed by atoms with van der Waals surface area (Å²) in [5, 5.41) is 9.77. The first-order valence-corrected chi connectivity index (χ1v) is 29.3. The third-order valence-electron chi connectivity index (χ3n) is 11.6. The van der Waals surface area contributed by atoms with Gasteiger partial charge in [0.25, 0.3) is 0 Å². The smallest absolute Gasteiger partial charge is 0.462 e. The maximum absolute atomic E-state index is 12.9. The van der Waals surface area contributed by atoms with Crippen LogP contribution >= 0.6 is 7.82 Å².